The van der Waals surface area contributed by atoms with E-state index >= 15 is 0 Å². The first kappa shape index (κ1) is 16.3. The second-order valence-electron chi connectivity index (χ2n) is 6.45. The molecular weight excluding hydrogens is 330 g/mol. The van der Waals surface area contributed by atoms with Crippen molar-refractivity contribution in [3.8, 4) is 17.1 Å². The Morgan fingerprint density at radius 1 is 1.31 bits per heavy atom. The maximum Gasteiger partial charge on any atom is 0.226 e. The number of nitrogens with zero attached hydrogens (tertiary/aromatic N) is 2. The molecule has 0 fully saturated rings. The highest BCUT2D eigenvalue weighted by atomic mass is 16.5. The summed E-state index contributed by atoms with van der Waals surface area (Å²) in [6.07, 6.45) is 4.70. The van der Waals surface area contributed by atoms with E-state index in [2.05, 4.69) is 28.4 Å². The van der Waals surface area contributed by atoms with Gasteiger partial charge in [-0.1, -0.05) is 11.2 Å². The predicted molar refractivity (Wildman–Crippen MR) is 95.5 cm³/mol. The molecule has 1 unspecified atom stereocenters. The smallest absolute Gasteiger partial charge is 0.226 e. The molecule has 0 aliphatic carbocycles. The van der Waals surface area contributed by atoms with Gasteiger partial charge in [0.15, 0.2) is 5.76 Å². The summed E-state index contributed by atoms with van der Waals surface area (Å²) in [5.41, 5.74) is 3.67. The quantitative estimate of drug-likeness (QED) is 0.766. The summed E-state index contributed by atoms with van der Waals surface area (Å²) in [7, 11) is 0. The van der Waals surface area contributed by atoms with Crippen molar-refractivity contribution < 1.29 is 14.1 Å². The minimum absolute atomic E-state index is 0.107. The number of hydrogen-bond donors (Lipinski definition) is 1. The third-order valence-electron chi connectivity index (χ3n) is 4.29. The summed E-state index contributed by atoms with van der Waals surface area (Å²) in [4.78, 5) is 16.1. The molecule has 0 radical (unpaired) electrons. The summed E-state index contributed by atoms with van der Waals surface area (Å²) in [6, 6.07) is 11.5. The number of fused-ring (bicyclic) bond motifs is 1. The van der Waals surface area contributed by atoms with E-state index in [1.54, 1.807) is 12.4 Å². The van der Waals surface area contributed by atoms with Crippen LogP contribution >= 0.6 is 0 Å². The molecule has 0 saturated carbocycles. The fraction of sp³-hybridized carbons (Fsp3) is 0.250. The molecule has 1 aliphatic heterocycles. The second kappa shape index (κ2) is 7.00. The predicted octanol–water partition coefficient (Wildman–Crippen LogP) is 2.92. The number of hydrogen-bond acceptors (Lipinski definition) is 5. The topological polar surface area (TPSA) is 77.3 Å². The van der Waals surface area contributed by atoms with Gasteiger partial charge >= 0.3 is 0 Å². The van der Waals surface area contributed by atoms with Crippen LogP contribution in [0.3, 0.4) is 0 Å². The average Bonchev–Trinajstić information content (AvgIpc) is 3.25. The SMILES string of the molecule is CC1Cc2cc(-c3cc(CC(=O)NCc4cccnc4)no3)ccc2O1. The van der Waals surface area contributed by atoms with Crippen molar-refractivity contribution >= 4 is 5.91 Å². The van der Waals surface area contributed by atoms with E-state index in [4.69, 9.17) is 9.26 Å². The van der Waals surface area contributed by atoms with Gasteiger partial charge in [-0.2, -0.15) is 0 Å². The van der Waals surface area contributed by atoms with Crippen LogP contribution in [-0.4, -0.2) is 22.2 Å². The zero-order chi connectivity index (χ0) is 17.9. The fourth-order valence-corrected chi connectivity index (χ4v) is 3.04. The highest BCUT2D eigenvalue weighted by molar-refractivity contribution is 5.78. The molecule has 26 heavy (non-hydrogen) atoms. The van der Waals surface area contributed by atoms with Crippen LogP contribution in [0.2, 0.25) is 0 Å². The van der Waals surface area contributed by atoms with E-state index in [0.717, 1.165) is 23.3 Å². The first-order chi connectivity index (χ1) is 12.7. The van der Waals surface area contributed by atoms with Crippen molar-refractivity contribution in [2.75, 3.05) is 0 Å². The van der Waals surface area contributed by atoms with Crippen LogP contribution in [0.15, 0.2) is 53.3 Å². The maximum absolute atomic E-state index is 12.1. The summed E-state index contributed by atoms with van der Waals surface area (Å²) in [5, 5.41) is 6.87. The minimum atomic E-state index is -0.107. The molecule has 6 nitrogen and oxygen atoms in total. The second-order valence-corrected chi connectivity index (χ2v) is 6.45. The van der Waals surface area contributed by atoms with Crippen molar-refractivity contribution in [3.05, 3.63) is 65.6 Å². The van der Waals surface area contributed by atoms with E-state index < -0.39 is 0 Å². The number of amides is 1. The van der Waals surface area contributed by atoms with E-state index in [-0.39, 0.29) is 18.4 Å². The number of aromatic nitrogens is 2. The summed E-state index contributed by atoms with van der Waals surface area (Å²) < 4.78 is 11.1. The molecule has 1 atom stereocenters. The van der Waals surface area contributed by atoms with Gasteiger partial charge in [0.1, 0.15) is 11.9 Å². The molecule has 3 heterocycles. The lowest BCUT2D eigenvalue weighted by molar-refractivity contribution is -0.120. The maximum atomic E-state index is 12.1. The summed E-state index contributed by atoms with van der Waals surface area (Å²) in [5.74, 6) is 1.48. The molecule has 2 aromatic heterocycles. The Morgan fingerprint density at radius 3 is 3.08 bits per heavy atom. The Bertz CT molecular complexity index is 921. The lowest BCUT2D eigenvalue weighted by atomic mass is 10.1. The highest BCUT2D eigenvalue weighted by Gasteiger charge is 2.20. The first-order valence-corrected chi connectivity index (χ1v) is 8.58. The van der Waals surface area contributed by atoms with Gasteiger partial charge < -0.3 is 14.6 Å². The number of nitrogens with one attached hydrogen (secondary N) is 1. The molecule has 1 amide bonds. The lowest BCUT2D eigenvalue weighted by Crippen LogP contribution is -2.24. The minimum Gasteiger partial charge on any atom is -0.490 e. The molecule has 1 N–H and O–H groups in total. The van der Waals surface area contributed by atoms with Crippen molar-refractivity contribution in [2.45, 2.75) is 32.4 Å². The van der Waals surface area contributed by atoms with Crippen LogP contribution in [0.5, 0.6) is 5.75 Å². The van der Waals surface area contributed by atoms with Crippen LogP contribution in [0.25, 0.3) is 11.3 Å². The summed E-state index contributed by atoms with van der Waals surface area (Å²) in [6.45, 7) is 2.50. The Kier molecular flexibility index (Phi) is 4.39. The van der Waals surface area contributed by atoms with Gasteiger partial charge in [0.25, 0.3) is 0 Å². The van der Waals surface area contributed by atoms with Gasteiger partial charge in [-0.15, -0.1) is 0 Å². The molecule has 0 spiro atoms. The van der Waals surface area contributed by atoms with E-state index in [0.29, 0.717) is 18.0 Å². The fourth-order valence-electron chi connectivity index (χ4n) is 3.04. The Labute approximate surface area is 151 Å². The Morgan fingerprint density at radius 2 is 2.23 bits per heavy atom. The van der Waals surface area contributed by atoms with E-state index in [9.17, 15) is 4.79 Å². The van der Waals surface area contributed by atoms with Gasteiger partial charge in [-0.05, 0) is 42.3 Å². The van der Waals surface area contributed by atoms with E-state index in [1.807, 2.05) is 30.3 Å². The zero-order valence-corrected chi connectivity index (χ0v) is 14.4. The number of pyridine rings is 1. The standard InChI is InChI=1S/C20H19N3O3/c1-13-7-16-8-15(4-5-18(16)25-13)19-9-17(23-26-19)10-20(24)22-12-14-3-2-6-21-11-14/h2-6,8-9,11,13H,7,10,12H2,1H3,(H,22,24). The lowest BCUT2D eigenvalue weighted by Gasteiger charge is -2.03. The van der Waals surface area contributed by atoms with Gasteiger partial charge in [0, 0.05) is 37.0 Å². The van der Waals surface area contributed by atoms with Gasteiger partial charge in [-0.25, -0.2) is 0 Å². The third kappa shape index (κ3) is 3.59. The number of ether oxygens (including phenoxy) is 1. The molecule has 6 heteroatoms. The normalized spacial score (nSPS) is 15.3. The monoisotopic (exact) mass is 349 g/mol. The van der Waals surface area contributed by atoms with E-state index in [1.165, 1.54) is 5.56 Å². The third-order valence-corrected chi connectivity index (χ3v) is 4.29. The van der Waals surface area contributed by atoms with Crippen LogP contribution in [0, 0.1) is 0 Å². The number of carbonyl (C=O) groups is 1. The van der Waals surface area contributed by atoms with Crippen molar-refractivity contribution in [3.63, 3.8) is 0 Å². The molecule has 1 aromatic carbocycles. The Hall–Kier alpha value is -3.15. The molecule has 3 aromatic rings. The van der Waals surface area contributed by atoms with Crippen LogP contribution < -0.4 is 10.1 Å². The molecule has 1 aliphatic rings. The van der Waals surface area contributed by atoms with Gasteiger partial charge in [-0.3, -0.25) is 9.78 Å². The first-order valence-electron chi connectivity index (χ1n) is 8.58. The zero-order valence-electron chi connectivity index (χ0n) is 14.4. The van der Waals surface area contributed by atoms with Crippen LogP contribution in [0.1, 0.15) is 23.7 Å². The van der Waals surface area contributed by atoms with Gasteiger partial charge in [0.05, 0.1) is 12.1 Å². The Balaban J connectivity index is 1.39. The molecule has 0 saturated heterocycles. The van der Waals surface area contributed by atoms with Crippen LogP contribution in [0.4, 0.5) is 0 Å². The van der Waals surface area contributed by atoms with Crippen molar-refractivity contribution in [2.24, 2.45) is 0 Å². The molecular formula is C20H19N3O3. The highest BCUT2D eigenvalue weighted by Crippen LogP contribution is 2.33. The van der Waals surface area contributed by atoms with Crippen LogP contribution in [-0.2, 0) is 24.2 Å². The molecule has 132 valence electrons. The largest absolute Gasteiger partial charge is 0.490 e. The molecule has 0 bridgehead atoms. The van der Waals surface area contributed by atoms with Crippen molar-refractivity contribution in [1.82, 2.24) is 15.5 Å². The number of rotatable bonds is 5. The number of benzene rings is 1. The molecule has 4 rings (SSSR count). The van der Waals surface area contributed by atoms with Gasteiger partial charge in [0.2, 0.25) is 5.91 Å². The summed E-state index contributed by atoms with van der Waals surface area (Å²) >= 11 is 0. The number of carbonyl (C=O) groups excluding carboxylic acids is 1. The average molecular weight is 349 g/mol. The van der Waals surface area contributed by atoms with Crippen molar-refractivity contribution in [1.29, 1.82) is 0 Å².